The van der Waals surface area contributed by atoms with Gasteiger partial charge < -0.3 is 15.4 Å². The smallest absolute Gasteiger partial charge is 0.262 e. The molecule has 0 aliphatic carbocycles. The van der Waals surface area contributed by atoms with E-state index in [1.165, 1.54) is 0 Å². The summed E-state index contributed by atoms with van der Waals surface area (Å²) in [6.45, 7) is 0.794. The van der Waals surface area contributed by atoms with Crippen molar-refractivity contribution in [3.63, 3.8) is 0 Å². The van der Waals surface area contributed by atoms with Crippen molar-refractivity contribution in [2.45, 2.75) is 31.3 Å². The first-order chi connectivity index (χ1) is 15.5. The highest BCUT2D eigenvalue weighted by Gasteiger charge is 2.44. The molecule has 4 amide bonds. The summed E-state index contributed by atoms with van der Waals surface area (Å²) in [7, 11) is 1.62. The van der Waals surface area contributed by atoms with Gasteiger partial charge in [0.2, 0.25) is 11.8 Å². The molecule has 2 atom stereocenters. The number of rotatable bonds is 4. The SMILES string of the molecule is COc1ccc2c(c1)C(Nc1ccc3c(c1)C(=O)N(C1CCC(=O)NC1=O)C3=O)CCN2. The van der Waals surface area contributed by atoms with Crippen LogP contribution in [0.5, 0.6) is 5.75 Å². The molecule has 0 aromatic heterocycles. The summed E-state index contributed by atoms with van der Waals surface area (Å²) in [4.78, 5) is 50.5. The van der Waals surface area contributed by atoms with Gasteiger partial charge in [-0.2, -0.15) is 0 Å². The number of carbonyl (C=O) groups excluding carboxylic acids is 4. The van der Waals surface area contributed by atoms with Crippen LogP contribution in [0, 0.1) is 0 Å². The Morgan fingerprint density at radius 3 is 2.59 bits per heavy atom. The van der Waals surface area contributed by atoms with E-state index in [1.807, 2.05) is 18.2 Å². The summed E-state index contributed by atoms with van der Waals surface area (Å²) in [6, 6.07) is 9.91. The molecule has 3 heterocycles. The molecule has 3 aliphatic rings. The van der Waals surface area contributed by atoms with Crippen molar-refractivity contribution in [3.05, 3.63) is 53.1 Å². The zero-order chi connectivity index (χ0) is 22.4. The fourth-order valence-electron chi connectivity index (χ4n) is 4.54. The molecule has 3 aliphatic heterocycles. The van der Waals surface area contributed by atoms with Crippen LogP contribution in [-0.2, 0) is 9.59 Å². The normalized spacial score (nSPS) is 22.1. The lowest BCUT2D eigenvalue weighted by Gasteiger charge is -2.29. The van der Waals surface area contributed by atoms with E-state index in [4.69, 9.17) is 4.74 Å². The van der Waals surface area contributed by atoms with Gasteiger partial charge in [0.15, 0.2) is 0 Å². The zero-order valence-electron chi connectivity index (χ0n) is 17.4. The number of ether oxygens (including phenoxy) is 1. The quantitative estimate of drug-likeness (QED) is 0.631. The number of anilines is 2. The largest absolute Gasteiger partial charge is 0.497 e. The maximum Gasteiger partial charge on any atom is 0.262 e. The number of nitrogens with one attached hydrogen (secondary N) is 3. The molecule has 32 heavy (non-hydrogen) atoms. The van der Waals surface area contributed by atoms with Crippen molar-refractivity contribution in [1.29, 1.82) is 0 Å². The minimum Gasteiger partial charge on any atom is -0.497 e. The Morgan fingerprint density at radius 2 is 1.81 bits per heavy atom. The van der Waals surface area contributed by atoms with Gasteiger partial charge in [0.05, 0.1) is 24.3 Å². The van der Waals surface area contributed by atoms with E-state index in [0.29, 0.717) is 5.69 Å². The first-order valence-corrected chi connectivity index (χ1v) is 10.5. The average molecular weight is 434 g/mol. The van der Waals surface area contributed by atoms with E-state index in [-0.39, 0.29) is 30.0 Å². The number of nitrogens with zero attached hydrogens (tertiary/aromatic N) is 1. The molecule has 0 radical (unpaired) electrons. The van der Waals surface area contributed by atoms with Crippen LogP contribution < -0.4 is 20.7 Å². The number of benzene rings is 2. The molecule has 9 heteroatoms. The lowest BCUT2D eigenvalue weighted by Crippen LogP contribution is -2.54. The van der Waals surface area contributed by atoms with Crippen molar-refractivity contribution < 1.29 is 23.9 Å². The predicted octanol–water partition coefficient (Wildman–Crippen LogP) is 2.07. The van der Waals surface area contributed by atoms with Crippen LogP contribution in [0.4, 0.5) is 11.4 Å². The third-order valence-electron chi connectivity index (χ3n) is 6.16. The number of carbonyl (C=O) groups is 4. The van der Waals surface area contributed by atoms with Gasteiger partial charge in [-0.05, 0) is 49.2 Å². The maximum atomic E-state index is 13.0. The van der Waals surface area contributed by atoms with E-state index < -0.39 is 29.7 Å². The molecule has 1 saturated heterocycles. The van der Waals surface area contributed by atoms with Gasteiger partial charge in [-0.1, -0.05) is 0 Å². The van der Waals surface area contributed by atoms with Crippen molar-refractivity contribution in [3.8, 4) is 5.75 Å². The summed E-state index contributed by atoms with van der Waals surface area (Å²) in [5, 5.41) is 9.04. The monoisotopic (exact) mass is 434 g/mol. The standard InChI is InChI=1S/C23H22N4O5/c1-32-13-3-5-17-16(11-13)18(8-9-24-17)25-12-2-4-14-15(10-12)23(31)27(22(14)30)19-6-7-20(28)26-21(19)29/h2-5,10-11,18-19,24-25H,6-9H2,1H3,(H,26,28,29). The van der Waals surface area contributed by atoms with E-state index >= 15 is 0 Å². The van der Waals surface area contributed by atoms with Crippen molar-refractivity contribution in [1.82, 2.24) is 10.2 Å². The first kappa shape index (κ1) is 20.0. The number of amides is 4. The van der Waals surface area contributed by atoms with Gasteiger partial charge in [-0.3, -0.25) is 29.4 Å². The molecule has 1 fully saturated rings. The van der Waals surface area contributed by atoms with E-state index in [0.717, 1.165) is 34.9 Å². The van der Waals surface area contributed by atoms with Crippen LogP contribution in [0.3, 0.4) is 0 Å². The number of piperidine rings is 1. The Morgan fingerprint density at radius 1 is 1.00 bits per heavy atom. The molecule has 2 aromatic carbocycles. The second-order valence-electron chi connectivity index (χ2n) is 8.07. The van der Waals surface area contributed by atoms with Crippen molar-refractivity contribution in [2.75, 3.05) is 24.3 Å². The number of hydrogen-bond acceptors (Lipinski definition) is 7. The number of hydrogen-bond donors (Lipinski definition) is 3. The Balaban J connectivity index is 1.41. The van der Waals surface area contributed by atoms with Crippen LogP contribution >= 0.6 is 0 Å². The van der Waals surface area contributed by atoms with Crippen LogP contribution in [0.2, 0.25) is 0 Å². The summed E-state index contributed by atoms with van der Waals surface area (Å²) in [5.41, 5.74) is 3.30. The molecule has 9 nitrogen and oxygen atoms in total. The fraction of sp³-hybridized carbons (Fsp3) is 0.304. The molecule has 0 saturated carbocycles. The highest BCUT2D eigenvalue weighted by Crippen LogP contribution is 2.36. The summed E-state index contributed by atoms with van der Waals surface area (Å²) < 4.78 is 5.35. The highest BCUT2D eigenvalue weighted by molar-refractivity contribution is 6.23. The Labute approximate surface area is 184 Å². The lowest BCUT2D eigenvalue weighted by atomic mass is 9.97. The van der Waals surface area contributed by atoms with Crippen LogP contribution in [-0.4, -0.2) is 48.2 Å². The van der Waals surface area contributed by atoms with Gasteiger partial charge in [0.1, 0.15) is 11.8 Å². The Bertz CT molecular complexity index is 1160. The molecule has 5 rings (SSSR count). The van der Waals surface area contributed by atoms with Gasteiger partial charge in [-0.15, -0.1) is 0 Å². The topological polar surface area (TPSA) is 117 Å². The molecule has 2 unspecified atom stereocenters. The number of methoxy groups -OCH3 is 1. The Kier molecular flexibility index (Phi) is 4.80. The molecule has 0 spiro atoms. The van der Waals surface area contributed by atoms with Gasteiger partial charge in [0.25, 0.3) is 11.8 Å². The molecule has 3 N–H and O–H groups in total. The van der Waals surface area contributed by atoms with E-state index in [9.17, 15) is 19.2 Å². The van der Waals surface area contributed by atoms with Crippen LogP contribution in [0.25, 0.3) is 0 Å². The van der Waals surface area contributed by atoms with Gasteiger partial charge in [-0.25, -0.2) is 0 Å². The third kappa shape index (κ3) is 3.26. The lowest BCUT2D eigenvalue weighted by molar-refractivity contribution is -0.136. The molecule has 2 aromatic rings. The molecular formula is C23H22N4O5. The fourth-order valence-corrected chi connectivity index (χ4v) is 4.54. The van der Waals surface area contributed by atoms with Crippen molar-refractivity contribution in [2.24, 2.45) is 0 Å². The zero-order valence-corrected chi connectivity index (χ0v) is 17.4. The molecule has 0 bridgehead atoms. The van der Waals surface area contributed by atoms with E-state index in [2.05, 4.69) is 16.0 Å². The number of fused-ring (bicyclic) bond motifs is 2. The summed E-state index contributed by atoms with van der Waals surface area (Å²) in [6.07, 6.45) is 1.05. The minimum atomic E-state index is -0.972. The Hall–Kier alpha value is -3.88. The van der Waals surface area contributed by atoms with Crippen LogP contribution in [0.15, 0.2) is 36.4 Å². The first-order valence-electron chi connectivity index (χ1n) is 10.5. The van der Waals surface area contributed by atoms with Gasteiger partial charge in [0, 0.05) is 29.9 Å². The molecule has 164 valence electrons. The van der Waals surface area contributed by atoms with Crippen molar-refractivity contribution >= 4 is 35.0 Å². The second-order valence-corrected chi connectivity index (χ2v) is 8.07. The second kappa shape index (κ2) is 7.67. The number of imide groups is 2. The minimum absolute atomic E-state index is 0.00200. The van der Waals surface area contributed by atoms with E-state index in [1.54, 1.807) is 25.3 Å². The maximum absolute atomic E-state index is 13.0. The van der Waals surface area contributed by atoms with Crippen LogP contribution in [0.1, 0.15) is 51.6 Å². The average Bonchev–Trinajstić information content (AvgIpc) is 3.03. The summed E-state index contributed by atoms with van der Waals surface area (Å²) >= 11 is 0. The van der Waals surface area contributed by atoms with Gasteiger partial charge >= 0.3 is 0 Å². The summed E-state index contributed by atoms with van der Waals surface area (Å²) in [5.74, 6) is -1.28. The predicted molar refractivity (Wildman–Crippen MR) is 116 cm³/mol. The molecular weight excluding hydrogens is 412 g/mol. The third-order valence-corrected chi connectivity index (χ3v) is 6.16. The highest BCUT2D eigenvalue weighted by atomic mass is 16.5.